The second kappa shape index (κ2) is 3.82. The zero-order chi connectivity index (χ0) is 14.6. The van der Waals surface area contributed by atoms with E-state index in [1.165, 1.54) is 41.5 Å². The van der Waals surface area contributed by atoms with E-state index in [2.05, 4.69) is 4.74 Å². The third-order valence-electron chi connectivity index (χ3n) is 3.08. The average molecular weight is 272 g/mol. The Morgan fingerprint density at radius 1 is 0.944 bits per heavy atom. The fraction of sp³-hybridized carbons (Fsp3) is 1.00. The van der Waals surface area contributed by atoms with Crippen LogP contribution in [0.5, 0.6) is 0 Å². The van der Waals surface area contributed by atoms with Crippen LogP contribution in [0.2, 0.25) is 0 Å². The quantitative estimate of drug-likeness (QED) is 0.670. The van der Waals surface area contributed by atoms with Gasteiger partial charge in [0.15, 0.2) is 0 Å². The molecule has 6 heteroatoms. The molecule has 0 saturated carbocycles. The van der Waals surface area contributed by atoms with Gasteiger partial charge in [0, 0.05) is 10.8 Å². The van der Waals surface area contributed by atoms with Crippen molar-refractivity contribution in [1.29, 1.82) is 0 Å². The lowest BCUT2D eigenvalue weighted by atomic mass is 9.72. The van der Waals surface area contributed by atoms with E-state index in [0.29, 0.717) is 0 Å². The van der Waals surface area contributed by atoms with Crippen molar-refractivity contribution in [2.45, 2.75) is 59.4 Å². The van der Waals surface area contributed by atoms with Gasteiger partial charge in [-0.3, -0.25) is 4.74 Å². The largest absolute Gasteiger partial charge is 0.381 e. The molecule has 0 aliphatic carbocycles. The van der Waals surface area contributed by atoms with E-state index < -0.39 is 35.3 Å². The van der Waals surface area contributed by atoms with Crippen LogP contribution in [0.15, 0.2) is 0 Å². The Hall–Kier alpha value is -0.360. The van der Waals surface area contributed by atoms with E-state index in [0.717, 1.165) is 0 Å². The molecule has 2 nitrogen and oxygen atoms in total. The van der Waals surface area contributed by atoms with E-state index in [9.17, 15) is 17.6 Å². The van der Waals surface area contributed by atoms with E-state index >= 15 is 0 Å². The van der Waals surface area contributed by atoms with Gasteiger partial charge in [0.25, 0.3) is 0 Å². The average Bonchev–Trinajstić information content (AvgIpc) is 2.40. The summed E-state index contributed by atoms with van der Waals surface area (Å²) < 4.78 is 64.7. The lowest BCUT2D eigenvalue weighted by Gasteiger charge is -2.49. The highest BCUT2D eigenvalue weighted by Crippen LogP contribution is 2.58. The highest BCUT2D eigenvalue weighted by atomic mass is 19.3. The molecule has 0 aromatic carbocycles. The van der Waals surface area contributed by atoms with Crippen molar-refractivity contribution in [3.05, 3.63) is 0 Å². The van der Waals surface area contributed by atoms with Crippen molar-refractivity contribution in [3.63, 3.8) is 0 Å². The lowest BCUT2D eigenvalue weighted by molar-refractivity contribution is -0.394. The van der Waals surface area contributed by atoms with E-state index in [1.807, 2.05) is 0 Å². The van der Waals surface area contributed by atoms with Crippen LogP contribution >= 0.6 is 0 Å². The molecule has 0 N–H and O–H groups in total. The Kier molecular flexibility index (Phi) is 3.33. The molecular formula is C12H20F4O2. The molecule has 0 radical (unpaired) electrons. The van der Waals surface area contributed by atoms with Gasteiger partial charge >= 0.3 is 12.0 Å². The van der Waals surface area contributed by atoms with Crippen molar-refractivity contribution < 1.29 is 27.0 Å². The molecule has 1 aliphatic rings. The number of hydrogen-bond donors (Lipinski definition) is 0. The molecule has 108 valence electrons. The number of halogens is 4. The van der Waals surface area contributed by atoms with Gasteiger partial charge in [-0.25, -0.2) is 8.78 Å². The monoisotopic (exact) mass is 272 g/mol. The summed E-state index contributed by atoms with van der Waals surface area (Å²) in [4.78, 5) is 0. The smallest absolute Gasteiger partial charge is 0.335 e. The van der Waals surface area contributed by atoms with Crippen LogP contribution in [-0.2, 0) is 9.47 Å². The zero-order valence-electron chi connectivity index (χ0n) is 11.5. The molecule has 1 atom stereocenters. The van der Waals surface area contributed by atoms with Crippen molar-refractivity contribution in [2.75, 3.05) is 6.61 Å². The minimum absolute atomic E-state index is 1.16. The van der Waals surface area contributed by atoms with Crippen LogP contribution in [0.25, 0.3) is 0 Å². The molecule has 18 heavy (non-hydrogen) atoms. The molecule has 0 aromatic heterocycles. The molecule has 0 bridgehead atoms. The summed E-state index contributed by atoms with van der Waals surface area (Å²) >= 11 is 0. The van der Waals surface area contributed by atoms with Crippen LogP contribution in [0.1, 0.15) is 41.5 Å². The summed E-state index contributed by atoms with van der Waals surface area (Å²) in [7, 11) is 0. The summed E-state index contributed by atoms with van der Waals surface area (Å²) in [6.07, 6.45) is -3.69. The second-order valence-corrected chi connectivity index (χ2v) is 6.72. The molecule has 1 aliphatic heterocycles. The standard InChI is InChI=1S/C12H20F4O2/c1-8(2,3)11(15,16)12(9(4,5)6)17-7-10(13,14)18-12/h7H2,1-6H3. The zero-order valence-corrected chi connectivity index (χ0v) is 11.5. The summed E-state index contributed by atoms with van der Waals surface area (Å²) in [6, 6.07) is 0. The maximum Gasteiger partial charge on any atom is 0.381 e. The van der Waals surface area contributed by atoms with Gasteiger partial charge in [0.2, 0.25) is 5.79 Å². The minimum Gasteiger partial charge on any atom is -0.335 e. The molecule has 1 fully saturated rings. The van der Waals surface area contributed by atoms with Crippen LogP contribution < -0.4 is 0 Å². The van der Waals surface area contributed by atoms with Crippen LogP contribution in [0.3, 0.4) is 0 Å². The predicted octanol–water partition coefficient (Wildman–Crippen LogP) is 4.05. The molecule has 0 amide bonds. The van der Waals surface area contributed by atoms with Gasteiger partial charge < -0.3 is 4.74 Å². The molecule has 1 unspecified atom stereocenters. The van der Waals surface area contributed by atoms with Gasteiger partial charge in [0.05, 0.1) is 0 Å². The highest BCUT2D eigenvalue weighted by Gasteiger charge is 2.73. The number of alkyl halides is 4. The third-order valence-corrected chi connectivity index (χ3v) is 3.08. The number of rotatable bonds is 1. The van der Waals surface area contributed by atoms with E-state index in [-0.39, 0.29) is 0 Å². The SMILES string of the molecule is CC(C)(C)C(F)(F)C1(C(C)(C)C)OCC(F)(F)O1. The first-order valence-electron chi connectivity index (χ1n) is 5.76. The van der Waals surface area contributed by atoms with Gasteiger partial charge in [-0.2, -0.15) is 8.78 Å². The molecular weight excluding hydrogens is 252 g/mol. The molecule has 1 rings (SSSR count). The van der Waals surface area contributed by atoms with Crippen LogP contribution in [0.4, 0.5) is 17.6 Å². The normalized spacial score (nSPS) is 29.7. The fourth-order valence-electron chi connectivity index (χ4n) is 1.94. The molecule has 1 saturated heterocycles. The summed E-state index contributed by atoms with van der Waals surface area (Å²) in [5, 5.41) is 0. The Morgan fingerprint density at radius 2 is 1.39 bits per heavy atom. The van der Waals surface area contributed by atoms with Crippen LogP contribution in [0, 0.1) is 10.8 Å². The van der Waals surface area contributed by atoms with E-state index in [1.54, 1.807) is 0 Å². The second-order valence-electron chi connectivity index (χ2n) is 6.72. The Morgan fingerprint density at radius 3 is 1.61 bits per heavy atom. The Labute approximate surface area is 105 Å². The van der Waals surface area contributed by atoms with Gasteiger partial charge in [-0.15, -0.1) is 0 Å². The predicted molar refractivity (Wildman–Crippen MR) is 58.6 cm³/mol. The molecule has 0 spiro atoms. The topological polar surface area (TPSA) is 18.5 Å². The van der Waals surface area contributed by atoms with Gasteiger partial charge in [0.1, 0.15) is 6.61 Å². The van der Waals surface area contributed by atoms with Crippen molar-refractivity contribution in [2.24, 2.45) is 10.8 Å². The number of hydrogen-bond acceptors (Lipinski definition) is 2. The minimum atomic E-state index is -3.69. The van der Waals surface area contributed by atoms with Gasteiger partial charge in [-0.1, -0.05) is 41.5 Å². The molecule has 0 aromatic rings. The summed E-state index contributed by atoms with van der Waals surface area (Å²) in [5.74, 6) is -6.21. The first kappa shape index (κ1) is 15.7. The summed E-state index contributed by atoms with van der Waals surface area (Å²) in [6.45, 7) is 6.84. The Balaban J connectivity index is 3.34. The summed E-state index contributed by atoms with van der Waals surface area (Å²) in [5.41, 5.74) is -2.87. The third kappa shape index (κ3) is 2.13. The maximum atomic E-state index is 14.5. The molecule has 1 heterocycles. The van der Waals surface area contributed by atoms with Crippen molar-refractivity contribution >= 4 is 0 Å². The fourth-order valence-corrected chi connectivity index (χ4v) is 1.94. The van der Waals surface area contributed by atoms with Crippen molar-refractivity contribution in [1.82, 2.24) is 0 Å². The van der Waals surface area contributed by atoms with E-state index in [4.69, 9.17) is 4.74 Å². The first-order valence-corrected chi connectivity index (χ1v) is 5.76. The highest BCUT2D eigenvalue weighted by molar-refractivity contribution is 5.04. The number of ether oxygens (including phenoxy) is 2. The lowest BCUT2D eigenvalue weighted by Crippen LogP contribution is -2.63. The first-order chi connectivity index (χ1) is 7.66. The maximum absolute atomic E-state index is 14.5. The van der Waals surface area contributed by atoms with Gasteiger partial charge in [-0.05, 0) is 0 Å². The van der Waals surface area contributed by atoms with Crippen molar-refractivity contribution in [3.8, 4) is 0 Å². The van der Waals surface area contributed by atoms with Crippen LogP contribution in [-0.4, -0.2) is 24.4 Å². The Bertz CT molecular complexity index is 328.